The molecular formula is C14H9Br2ClO2. The van der Waals surface area contributed by atoms with Crippen molar-refractivity contribution < 1.29 is 9.53 Å². The van der Waals surface area contributed by atoms with Crippen molar-refractivity contribution in [3.05, 3.63) is 62.0 Å². The van der Waals surface area contributed by atoms with Gasteiger partial charge in [-0.1, -0.05) is 61.7 Å². The number of rotatable bonds is 4. The lowest BCUT2D eigenvalue weighted by Crippen LogP contribution is -2.12. The molecule has 0 aliphatic rings. The Labute approximate surface area is 133 Å². The summed E-state index contributed by atoms with van der Waals surface area (Å²) in [5, 5.41) is 0.475. The summed E-state index contributed by atoms with van der Waals surface area (Å²) in [7, 11) is 0. The molecule has 0 fully saturated rings. The minimum absolute atomic E-state index is 0.0568. The van der Waals surface area contributed by atoms with Crippen LogP contribution in [0.4, 0.5) is 0 Å². The van der Waals surface area contributed by atoms with Crippen LogP contribution in [0.25, 0.3) is 0 Å². The second-order valence-corrected chi connectivity index (χ2v) is 5.94. The molecule has 0 unspecified atom stereocenters. The van der Waals surface area contributed by atoms with Crippen molar-refractivity contribution in [3.63, 3.8) is 0 Å². The first kappa shape index (κ1) is 14.6. The third-order valence-electron chi connectivity index (χ3n) is 2.43. The molecule has 0 aliphatic heterocycles. The van der Waals surface area contributed by atoms with Gasteiger partial charge in [-0.2, -0.15) is 0 Å². The first-order valence-electron chi connectivity index (χ1n) is 5.43. The van der Waals surface area contributed by atoms with E-state index in [0.717, 1.165) is 8.95 Å². The van der Waals surface area contributed by atoms with Crippen LogP contribution >= 0.6 is 43.5 Å². The highest BCUT2D eigenvalue weighted by Gasteiger charge is 2.11. The molecule has 19 heavy (non-hydrogen) atoms. The zero-order valence-corrected chi connectivity index (χ0v) is 13.6. The van der Waals surface area contributed by atoms with Crippen LogP contribution in [-0.4, -0.2) is 12.4 Å². The van der Waals surface area contributed by atoms with Crippen molar-refractivity contribution in [1.29, 1.82) is 0 Å². The summed E-state index contributed by atoms with van der Waals surface area (Å²) >= 11 is 12.7. The first-order chi connectivity index (χ1) is 9.08. The van der Waals surface area contributed by atoms with E-state index in [0.29, 0.717) is 16.3 Å². The molecule has 0 amide bonds. The minimum atomic E-state index is -0.108. The Morgan fingerprint density at radius 2 is 1.89 bits per heavy atom. The van der Waals surface area contributed by atoms with Crippen LogP contribution in [0.2, 0.25) is 5.02 Å². The normalized spacial score (nSPS) is 10.3. The van der Waals surface area contributed by atoms with E-state index in [4.69, 9.17) is 16.3 Å². The van der Waals surface area contributed by atoms with Crippen molar-refractivity contribution in [2.75, 3.05) is 6.61 Å². The van der Waals surface area contributed by atoms with Gasteiger partial charge in [0.1, 0.15) is 5.75 Å². The fraction of sp³-hybridized carbons (Fsp3) is 0.0714. The smallest absolute Gasteiger partial charge is 0.201 e. The molecule has 0 aliphatic carbocycles. The number of hydrogen-bond acceptors (Lipinski definition) is 2. The Morgan fingerprint density at radius 3 is 2.63 bits per heavy atom. The highest BCUT2D eigenvalue weighted by molar-refractivity contribution is 9.10. The lowest BCUT2D eigenvalue weighted by Gasteiger charge is -2.08. The third-order valence-corrected chi connectivity index (χ3v) is 3.92. The van der Waals surface area contributed by atoms with Gasteiger partial charge in [0, 0.05) is 14.5 Å². The monoisotopic (exact) mass is 402 g/mol. The predicted molar refractivity (Wildman–Crippen MR) is 83.1 cm³/mol. The molecule has 0 saturated heterocycles. The summed E-state index contributed by atoms with van der Waals surface area (Å²) in [6.07, 6.45) is 0. The van der Waals surface area contributed by atoms with Gasteiger partial charge >= 0.3 is 0 Å². The van der Waals surface area contributed by atoms with Crippen molar-refractivity contribution in [2.45, 2.75) is 0 Å². The van der Waals surface area contributed by atoms with Gasteiger partial charge in [0.15, 0.2) is 6.61 Å². The second-order valence-electron chi connectivity index (χ2n) is 3.77. The molecule has 5 heteroatoms. The van der Waals surface area contributed by atoms with Gasteiger partial charge in [-0.3, -0.25) is 4.79 Å². The zero-order chi connectivity index (χ0) is 13.8. The Bertz CT molecular complexity index is 614. The average Bonchev–Trinajstić information content (AvgIpc) is 2.40. The minimum Gasteiger partial charge on any atom is -0.484 e. The summed E-state index contributed by atoms with van der Waals surface area (Å²) in [6.45, 7) is -0.0568. The van der Waals surface area contributed by atoms with Gasteiger partial charge in [0.2, 0.25) is 5.78 Å². The molecule has 2 rings (SSSR count). The van der Waals surface area contributed by atoms with Gasteiger partial charge in [0.25, 0.3) is 0 Å². The molecule has 98 valence electrons. The van der Waals surface area contributed by atoms with Crippen LogP contribution in [0, 0.1) is 0 Å². The van der Waals surface area contributed by atoms with E-state index in [1.165, 1.54) is 0 Å². The third kappa shape index (κ3) is 3.81. The molecule has 0 N–H and O–H groups in total. The molecule has 2 nitrogen and oxygen atoms in total. The van der Waals surface area contributed by atoms with Crippen molar-refractivity contribution in [3.8, 4) is 5.75 Å². The van der Waals surface area contributed by atoms with Crippen LogP contribution in [0.15, 0.2) is 51.4 Å². The number of carbonyl (C=O) groups excluding carboxylic acids is 1. The average molecular weight is 404 g/mol. The number of benzene rings is 2. The number of Topliss-reactive ketones (excluding diaryl/α,β-unsaturated/α-hetero) is 1. The van der Waals surface area contributed by atoms with Gasteiger partial charge in [-0.25, -0.2) is 0 Å². The Morgan fingerprint density at radius 1 is 1.16 bits per heavy atom. The fourth-order valence-electron chi connectivity index (χ4n) is 1.50. The van der Waals surface area contributed by atoms with Crippen LogP contribution in [0.5, 0.6) is 5.75 Å². The van der Waals surface area contributed by atoms with E-state index < -0.39 is 0 Å². The number of ether oxygens (including phenoxy) is 1. The lowest BCUT2D eigenvalue weighted by atomic mass is 10.1. The van der Waals surface area contributed by atoms with E-state index in [1.54, 1.807) is 18.2 Å². The summed E-state index contributed by atoms with van der Waals surface area (Å²) in [6, 6.07) is 12.5. The molecule has 0 atom stereocenters. The van der Waals surface area contributed by atoms with Gasteiger partial charge in [0.05, 0.1) is 5.02 Å². The molecule has 0 aromatic heterocycles. The Hall–Kier alpha value is -0.840. The SMILES string of the molecule is O=C(COc1cc(Br)ccc1Cl)c1ccccc1Br. The molecule has 0 saturated carbocycles. The van der Waals surface area contributed by atoms with Crippen molar-refractivity contribution in [2.24, 2.45) is 0 Å². The van der Waals surface area contributed by atoms with E-state index in [9.17, 15) is 4.79 Å². The second kappa shape index (κ2) is 6.55. The van der Waals surface area contributed by atoms with Gasteiger partial charge < -0.3 is 4.74 Å². The fourth-order valence-corrected chi connectivity index (χ4v) is 2.51. The molecule has 2 aromatic carbocycles. The van der Waals surface area contributed by atoms with Crippen LogP contribution < -0.4 is 4.74 Å². The molecule has 2 aromatic rings. The van der Waals surface area contributed by atoms with E-state index in [2.05, 4.69) is 31.9 Å². The standard InChI is InChI=1S/C14H9Br2ClO2/c15-9-5-6-12(17)14(7-9)19-8-13(18)10-3-1-2-4-11(10)16/h1-7H,8H2. The van der Waals surface area contributed by atoms with Crippen LogP contribution in [-0.2, 0) is 0 Å². The highest BCUT2D eigenvalue weighted by Crippen LogP contribution is 2.28. The number of ketones is 1. The summed E-state index contributed by atoms with van der Waals surface area (Å²) in [4.78, 5) is 12.0. The number of carbonyl (C=O) groups is 1. The highest BCUT2D eigenvalue weighted by atomic mass is 79.9. The van der Waals surface area contributed by atoms with Crippen LogP contribution in [0.3, 0.4) is 0 Å². The van der Waals surface area contributed by atoms with Gasteiger partial charge in [-0.15, -0.1) is 0 Å². The summed E-state index contributed by atoms with van der Waals surface area (Å²) in [5.41, 5.74) is 0.591. The van der Waals surface area contributed by atoms with Crippen LogP contribution in [0.1, 0.15) is 10.4 Å². The molecule has 0 radical (unpaired) electrons. The molecule has 0 heterocycles. The number of hydrogen-bond donors (Lipinski definition) is 0. The topological polar surface area (TPSA) is 26.3 Å². The maximum atomic E-state index is 12.0. The molecule has 0 bridgehead atoms. The Kier molecular flexibility index (Phi) is 5.02. The molecule has 0 spiro atoms. The summed E-state index contributed by atoms with van der Waals surface area (Å²) in [5.74, 6) is 0.375. The Balaban J connectivity index is 2.09. The largest absolute Gasteiger partial charge is 0.484 e. The van der Waals surface area contributed by atoms with E-state index >= 15 is 0 Å². The maximum Gasteiger partial charge on any atom is 0.201 e. The van der Waals surface area contributed by atoms with E-state index in [-0.39, 0.29) is 12.4 Å². The quantitative estimate of drug-likeness (QED) is 0.661. The summed E-state index contributed by atoms with van der Waals surface area (Å²) < 4.78 is 7.06. The van der Waals surface area contributed by atoms with Crippen molar-refractivity contribution >= 4 is 49.2 Å². The zero-order valence-electron chi connectivity index (χ0n) is 9.70. The molecular weight excluding hydrogens is 395 g/mol. The predicted octanol–water partition coefficient (Wildman–Crippen LogP) is 5.13. The number of halogens is 3. The maximum absolute atomic E-state index is 12.0. The van der Waals surface area contributed by atoms with Gasteiger partial charge in [-0.05, 0) is 24.3 Å². The van der Waals surface area contributed by atoms with Crippen molar-refractivity contribution in [1.82, 2.24) is 0 Å². The van der Waals surface area contributed by atoms with E-state index in [1.807, 2.05) is 24.3 Å². The lowest BCUT2D eigenvalue weighted by molar-refractivity contribution is 0.0921. The first-order valence-corrected chi connectivity index (χ1v) is 7.40.